The molecule has 2 aromatic rings. The Balaban J connectivity index is 0.00000192. The van der Waals surface area contributed by atoms with Crippen LogP contribution in [0.3, 0.4) is 0 Å². The molecule has 3 rings (SSSR count). The first kappa shape index (κ1) is 17.8. The van der Waals surface area contributed by atoms with E-state index in [-0.39, 0.29) is 24.4 Å². The molecule has 1 saturated carbocycles. The van der Waals surface area contributed by atoms with E-state index in [0.29, 0.717) is 18.2 Å². The van der Waals surface area contributed by atoms with Gasteiger partial charge in [0.15, 0.2) is 5.76 Å². The number of aryl methyl sites for hydroxylation is 2. The van der Waals surface area contributed by atoms with Crippen LogP contribution < -0.4 is 11.1 Å². The summed E-state index contributed by atoms with van der Waals surface area (Å²) in [5, 5.41) is 4.16. The van der Waals surface area contributed by atoms with Gasteiger partial charge in [-0.25, -0.2) is 0 Å². The minimum absolute atomic E-state index is 0. The van der Waals surface area contributed by atoms with Gasteiger partial charge in [-0.3, -0.25) is 4.79 Å². The summed E-state index contributed by atoms with van der Waals surface area (Å²) in [5.74, 6) is 0.702. The van der Waals surface area contributed by atoms with Gasteiger partial charge in [0.05, 0.1) is 0 Å². The number of halogens is 1. The second-order valence-electron chi connectivity index (χ2n) is 6.37. The van der Waals surface area contributed by atoms with Crippen LogP contribution in [-0.2, 0) is 0 Å². The molecule has 1 aliphatic carbocycles. The van der Waals surface area contributed by atoms with Crippen LogP contribution >= 0.6 is 12.4 Å². The van der Waals surface area contributed by atoms with Gasteiger partial charge in [-0.1, -0.05) is 31.0 Å². The Bertz CT molecular complexity index is 696. The zero-order chi connectivity index (χ0) is 15.7. The minimum atomic E-state index is -0.113. The summed E-state index contributed by atoms with van der Waals surface area (Å²) in [6.45, 7) is 4.57. The molecule has 0 radical (unpaired) electrons. The van der Waals surface area contributed by atoms with Gasteiger partial charge in [0.2, 0.25) is 0 Å². The first-order chi connectivity index (χ1) is 10.6. The zero-order valence-corrected chi connectivity index (χ0v) is 14.5. The summed E-state index contributed by atoms with van der Waals surface area (Å²) in [6, 6.07) is 6.16. The van der Waals surface area contributed by atoms with Crippen molar-refractivity contribution >= 4 is 29.3 Å². The molecule has 1 aromatic heterocycles. The van der Waals surface area contributed by atoms with Gasteiger partial charge in [-0.15, -0.1) is 12.4 Å². The molecule has 1 amide bonds. The van der Waals surface area contributed by atoms with Gasteiger partial charge < -0.3 is 15.5 Å². The monoisotopic (exact) mass is 336 g/mol. The predicted octanol–water partition coefficient (Wildman–Crippen LogP) is 3.72. The number of para-hydroxylation sites is 1. The number of hydrogen-bond donors (Lipinski definition) is 2. The molecule has 2 atom stereocenters. The van der Waals surface area contributed by atoms with Crippen LogP contribution in [0.5, 0.6) is 0 Å². The third-order valence-electron chi connectivity index (χ3n) is 4.90. The van der Waals surface area contributed by atoms with E-state index in [1.807, 2.05) is 32.0 Å². The fourth-order valence-electron chi connectivity index (χ4n) is 3.51. The average molecular weight is 337 g/mol. The largest absolute Gasteiger partial charge is 0.450 e. The summed E-state index contributed by atoms with van der Waals surface area (Å²) < 4.78 is 5.86. The lowest BCUT2D eigenvalue weighted by molar-refractivity contribution is 0.0881. The average Bonchev–Trinajstić information content (AvgIpc) is 2.87. The summed E-state index contributed by atoms with van der Waals surface area (Å²) in [5.41, 5.74) is 8.62. The van der Waals surface area contributed by atoms with E-state index < -0.39 is 0 Å². The molecule has 126 valence electrons. The molecule has 5 heteroatoms. The lowest BCUT2D eigenvalue weighted by Gasteiger charge is -2.31. The van der Waals surface area contributed by atoms with Crippen molar-refractivity contribution in [2.45, 2.75) is 45.6 Å². The molecule has 1 aromatic carbocycles. The standard InChI is InChI=1S/C18H24N2O2.ClH/c1-11-6-5-8-14-12(2)17(22-16(11)14)18(21)20-15-9-4-3-7-13(15)10-19;/h5-6,8,13,15H,3-4,7,9-10,19H2,1-2H3,(H,20,21);1H. The second-order valence-corrected chi connectivity index (χ2v) is 6.37. The third kappa shape index (κ3) is 3.38. The summed E-state index contributed by atoms with van der Waals surface area (Å²) in [6.07, 6.45) is 4.46. The van der Waals surface area contributed by atoms with Gasteiger partial charge in [-0.2, -0.15) is 0 Å². The Morgan fingerprint density at radius 2 is 2.04 bits per heavy atom. The van der Waals surface area contributed by atoms with Gasteiger partial charge in [0.1, 0.15) is 5.58 Å². The molecular formula is C18H25ClN2O2. The molecule has 1 heterocycles. The number of nitrogens with one attached hydrogen (secondary N) is 1. The molecule has 3 N–H and O–H groups in total. The van der Waals surface area contributed by atoms with E-state index in [1.165, 1.54) is 6.42 Å². The van der Waals surface area contributed by atoms with Gasteiger partial charge in [0, 0.05) is 17.0 Å². The van der Waals surface area contributed by atoms with Crippen LogP contribution in [0.25, 0.3) is 11.0 Å². The van der Waals surface area contributed by atoms with Crippen LogP contribution in [0.15, 0.2) is 22.6 Å². The highest BCUT2D eigenvalue weighted by atomic mass is 35.5. The number of carbonyl (C=O) groups is 1. The Morgan fingerprint density at radius 3 is 2.74 bits per heavy atom. The highest BCUT2D eigenvalue weighted by Crippen LogP contribution is 2.29. The fraction of sp³-hybridized carbons (Fsp3) is 0.500. The topological polar surface area (TPSA) is 68.3 Å². The Labute approximate surface area is 143 Å². The van der Waals surface area contributed by atoms with Gasteiger partial charge in [0.25, 0.3) is 5.91 Å². The molecule has 0 spiro atoms. The molecule has 4 nitrogen and oxygen atoms in total. The lowest BCUT2D eigenvalue weighted by atomic mass is 9.84. The molecule has 23 heavy (non-hydrogen) atoms. The number of furan rings is 1. The van der Waals surface area contributed by atoms with E-state index >= 15 is 0 Å². The van der Waals surface area contributed by atoms with E-state index in [9.17, 15) is 4.79 Å². The summed E-state index contributed by atoms with van der Waals surface area (Å²) in [4.78, 5) is 12.6. The summed E-state index contributed by atoms with van der Waals surface area (Å²) >= 11 is 0. The SMILES string of the molecule is Cc1c(C(=O)NC2CCCCC2CN)oc2c(C)cccc12.Cl. The predicted molar refractivity (Wildman–Crippen MR) is 95.2 cm³/mol. The Kier molecular flexibility index (Phi) is 5.71. The minimum Gasteiger partial charge on any atom is -0.450 e. The van der Waals surface area contributed by atoms with Crippen LogP contribution in [-0.4, -0.2) is 18.5 Å². The van der Waals surface area contributed by atoms with Crippen LogP contribution in [0.2, 0.25) is 0 Å². The van der Waals surface area contributed by atoms with E-state index in [1.54, 1.807) is 0 Å². The highest BCUT2D eigenvalue weighted by molar-refractivity contribution is 5.99. The number of amides is 1. The van der Waals surface area contributed by atoms with Crippen molar-refractivity contribution in [3.05, 3.63) is 35.1 Å². The molecule has 1 fully saturated rings. The quantitative estimate of drug-likeness (QED) is 0.897. The summed E-state index contributed by atoms with van der Waals surface area (Å²) in [7, 11) is 0. The first-order valence-corrected chi connectivity index (χ1v) is 8.11. The van der Waals surface area contributed by atoms with Crippen molar-refractivity contribution in [3.63, 3.8) is 0 Å². The lowest BCUT2D eigenvalue weighted by Crippen LogP contribution is -2.44. The van der Waals surface area contributed by atoms with Crippen molar-refractivity contribution in [1.82, 2.24) is 5.32 Å². The number of carbonyl (C=O) groups excluding carboxylic acids is 1. The molecule has 0 aliphatic heterocycles. The van der Waals surface area contributed by atoms with E-state index in [2.05, 4.69) is 5.32 Å². The number of fused-ring (bicyclic) bond motifs is 1. The van der Waals surface area contributed by atoms with Crippen molar-refractivity contribution < 1.29 is 9.21 Å². The van der Waals surface area contributed by atoms with Crippen LogP contribution in [0.1, 0.15) is 47.4 Å². The molecular weight excluding hydrogens is 312 g/mol. The normalized spacial score (nSPS) is 21.0. The molecule has 2 unspecified atom stereocenters. The fourth-order valence-corrected chi connectivity index (χ4v) is 3.51. The van der Waals surface area contributed by atoms with Crippen molar-refractivity contribution in [2.75, 3.05) is 6.54 Å². The molecule has 1 aliphatic rings. The second kappa shape index (κ2) is 7.37. The van der Waals surface area contributed by atoms with Crippen molar-refractivity contribution in [3.8, 4) is 0 Å². The van der Waals surface area contributed by atoms with Crippen molar-refractivity contribution in [1.29, 1.82) is 0 Å². The van der Waals surface area contributed by atoms with Crippen LogP contribution in [0.4, 0.5) is 0 Å². The first-order valence-electron chi connectivity index (χ1n) is 8.11. The number of benzene rings is 1. The number of rotatable bonds is 3. The zero-order valence-electron chi connectivity index (χ0n) is 13.7. The van der Waals surface area contributed by atoms with Gasteiger partial charge >= 0.3 is 0 Å². The third-order valence-corrected chi connectivity index (χ3v) is 4.90. The number of nitrogens with two attached hydrogens (primary N) is 1. The Morgan fingerprint density at radius 1 is 1.30 bits per heavy atom. The Hall–Kier alpha value is -1.52. The molecule has 0 saturated heterocycles. The molecule has 0 bridgehead atoms. The van der Waals surface area contributed by atoms with Crippen LogP contribution in [0, 0.1) is 19.8 Å². The van der Waals surface area contributed by atoms with Crippen molar-refractivity contribution in [2.24, 2.45) is 11.7 Å². The smallest absolute Gasteiger partial charge is 0.287 e. The maximum absolute atomic E-state index is 12.6. The highest BCUT2D eigenvalue weighted by Gasteiger charge is 2.27. The maximum atomic E-state index is 12.6. The van der Waals surface area contributed by atoms with E-state index in [4.69, 9.17) is 10.2 Å². The van der Waals surface area contributed by atoms with E-state index in [0.717, 1.165) is 41.4 Å². The van der Waals surface area contributed by atoms with Gasteiger partial charge in [-0.05, 0) is 44.7 Å². The maximum Gasteiger partial charge on any atom is 0.287 e. The number of hydrogen-bond acceptors (Lipinski definition) is 3.